The zero-order valence-electron chi connectivity index (χ0n) is 13.5. The summed E-state index contributed by atoms with van der Waals surface area (Å²) in [7, 11) is 1.65. The highest BCUT2D eigenvalue weighted by molar-refractivity contribution is 7.14. The Labute approximate surface area is 141 Å². The summed E-state index contributed by atoms with van der Waals surface area (Å²) >= 11 is 1.39. The van der Waals surface area contributed by atoms with E-state index < -0.39 is 0 Å². The summed E-state index contributed by atoms with van der Waals surface area (Å²) in [6.07, 6.45) is 3.16. The first-order valence-electron chi connectivity index (χ1n) is 7.34. The van der Waals surface area contributed by atoms with Crippen LogP contribution in [-0.4, -0.2) is 42.5 Å². The highest BCUT2D eigenvalue weighted by atomic mass is 32.1. The third kappa shape index (κ3) is 3.00. The van der Waals surface area contributed by atoms with Gasteiger partial charge in [-0.2, -0.15) is 0 Å². The van der Waals surface area contributed by atoms with Gasteiger partial charge in [0.2, 0.25) is 5.65 Å². The minimum atomic E-state index is -0.324. The van der Waals surface area contributed by atoms with Gasteiger partial charge in [-0.25, -0.2) is 9.78 Å². The number of nitrogens with zero attached hydrogens (tertiary/aromatic N) is 5. The molecule has 2 amide bonds. The molecule has 3 aromatic rings. The lowest BCUT2D eigenvalue weighted by Crippen LogP contribution is -2.31. The molecule has 0 saturated heterocycles. The number of anilines is 1. The molecule has 0 unspecified atom stereocenters. The van der Waals surface area contributed by atoms with Gasteiger partial charge in [-0.15, -0.1) is 21.5 Å². The number of nitrogens with one attached hydrogen (secondary N) is 2. The largest absolute Gasteiger partial charge is 0.324 e. The average Bonchev–Trinajstić information content (AvgIpc) is 3.15. The van der Waals surface area contributed by atoms with Gasteiger partial charge in [0, 0.05) is 19.4 Å². The molecule has 3 rings (SSSR count). The van der Waals surface area contributed by atoms with Gasteiger partial charge in [0.25, 0.3) is 5.56 Å². The number of carbonyl (C=O) groups is 1. The van der Waals surface area contributed by atoms with E-state index in [9.17, 15) is 9.59 Å². The van der Waals surface area contributed by atoms with Crippen LogP contribution < -0.4 is 10.9 Å². The standard InChI is InChI=1S/C14H17N7O2S/c1-8(2)10-13(24-7-16-10)17-14(23)20(3)6-9-18-19-11-12(22)15-4-5-21(9)11/h4-5,7-8H,6H2,1-3H3,(H,15,22)(H,17,23). The Kier molecular flexibility index (Phi) is 4.30. The minimum absolute atomic E-state index is 0.200. The fraction of sp³-hybridized carbons (Fsp3) is 0.357. The van der Waals surface area contributed by atoms with Crippen molar-refractivity contribution >= 4 is 28.0 Å². The van der Waals surface area contributed by atoms with Crippen LogP contribution in [-0.2, 0) is 6.54 Å². The van der Waals surface area contributed by atoms with E-state index in [0.717, 1.165) is 10.7 Å². The van der Waals surface area contributed by atoms with E-state index in [-0.39, 0.29) is 29.7 Å². The van der Waals surface area contributed by atoms with Crippen molar-refractivity contribution in [3.8, 4) is 0 Å². The fourth-order valence-electron chi connectivity index (χ4n) is 2.23. The number of aromatic nitrogens is 5. The van der Waals surface area contributed by atoms with Crippen molar-refractivity contribution in [1.82, 2.24) is 29.5 Å². The van der Waals surface area contributed by atoms with Gasteiger partial charge < -0.3 is 9.88 Å². The lowest BCUT2D eigenvalue weighted by molar-refractivity contribution is 0.219. The molecule has 0 spiro atoms. The van der Waals surface area contributed by atoms with E-state index in [2.05, 4.69) is 25.5 Å². The van der Waals surface area contributed by atoms with E-state index in [1.54, 1.807) is 23.2 Å². The van der Waals surface area contributed by atoms with Gasteiger partial charge in [-0.05, 0) is 5.92 Å². The summed E-state index contributed by atoms with van der Waals surface area (Å²) in [5.41, 5.74) is 2.45. The second-order valence-corrected chi connectivity index (χ2v) is 6.46. The van der Waals surface area contributed by atoms with Crippen LogP contribution in [0.15, 0.2) is 22.7 Å². The first-order chi connectivity index (χ1) is 11.5. The number of rotatable bonds is 4. The van der Waals surface area contributed by atoms with Crippen molar-refractivity contribution in [2.24, 2.45) is 0 Å². The zero-order valence-corrected chi connectivity index (χ0v) is 14.3. The molecule has 0 aliphatic heterocycles. The lowest BCUT2D eigenvalue weighted by Gasteiger charge is -2.17. The van der Waals surface area contributed by atoms with Crippen LogP contribution in [0.4, 0.5) is 9.80 Å². The molecule has 24 heavy (non-hydrogen) atoms. The van der Waals surface area contributed by atoms with Crippen LogP contribution in [0.3, 0.4) is 0 Å². The van der Waals surface area contributed by atoms with Crippen molar-refractivity contribution in [3.63, 3.8) is 0 Å². The summed E-state index contributed by atoms with van der Waals surface area (Å²) < 4.78 is 1.56. The quantitative estimate of drug-likeness (QED) is 0.746. The Morgan fingerprint density at radius 2 is 2.25 bits per heavy atom. The predicted octanol–water partition coefficient (Wildman–Crippen LogP) is 1.66. The number of amides is 2. The van der Waals surface area contributed by atoms with E-state index in [1.165, 1.54) is 22.4 Å². The number of hydrogen-bond donors (Lipinski definition) is 2. The van der Waals surface area contributed by atoms with Crippen LogP contribution in [0.1, 0.15) is 31.3 Å². The maximum absolute atomic E-state index is 12.4. The summed E-state index contributed by atoms with van der Waals surface area (Å²) in [6.45, 7) is 4.26. The lowest BCUT2D eigenvalue weighted by atomic mass is 10.1. The Hall–Kier alpha value is -2.75. The molecule has 126 valence electrons. The van der Waals surface area contributed by atoms with Crippen LogP contribution >= 0.6 is 11.3 Å². The maximum Gasteiger partial charge on any atom is 0.322 e. The molecule has 3 heterocycles. The van der Waals surface area contributed by atoms with Crippen LogP contribution in [0.5, 0.6) is 0 Å². The van der Waals surface area contributed by atoms with Crippen molar-refractivity contribution < 1.29 is 4.79 Å². The maximum atomic E-state index is 12.4. The van der Waals surface area contributed by atoms with E-state index in [4.69, 9.17) is 0 Å². The summed E-state index contributed by atoms with van der Waals surface area (Å²) in [5, 5.41) is 11.4. The molecule has 0 atom stereocenters. The zero-order chi connectivity index (χ0) is 17.3. The molecule has 0 saturated carbocycles. The summed E-state index contributed by atoms with van der Waals surface area (Å²) in [5.74, 6) is 0.728. The normalized spacial score (nSPS) is 11.2. The van der Waals surface area contributed by atoms with E-state index >= 15 is 0 Å². The molecule has 0 aliphatic rings. The van der Waals surface area contributed by atoms with Crippen LogP contribution in [0, 0.1) is 0 Å². The van der Waals surface area contributed by atoms with Crippen molar-refractivity contribution in [2.45, 2.75) is 26.3 Å². The molecule has 2 N–H and O–H groups in total. The Bertz CT molecular complexity index is 926. The monoisotopic (exact) mass is 347 g/mol. The number of carbonyl (C=O) groups excluding carboxylic acids is 1. The number of hydrogen-bond acceptors (Lipinski definition) is 6. The van der Waals surface area contributed by atoms with Crippen molar-refractivity contribution in [3.05, 3.63) is 39.8 Å². The first kappa shape index (κ1) is 16.1. The number of thiazole rings is 1. The highest BCUT2D eigenvalue weighted by Crippen LogP contribution is 2.27. The highest BCUT2D eigenvalue weighted by Gasteiger charge is 2.17. The van der Waals surface area contributed by atoms with E-state index in [1.807, 2.05) is 13.8 Å². The molecule has 0 aliphatic carbocycles. The molecule has 0 radical (unpaired) electrons. The van der Waals surface area contributed by atoms with Crippen LogP contribution in [0.25, 0.3) is 5.65 Å². The molecular weight excluding hydrogens is 330 g/mol. The van der Waals surface area contributed by atoms with Gasteiger partial charge >= 0.3 is 6.03 Å². The Balaban J connectivity index is 1.75. The van der Waals surface area contributed by atoms with Gasteiger partial charge in [-0.1, -0.05) is 13.8 Å². The molecular formula is C14H17N7O2S. The second-order valence-electron chi connectivity index (χ2n) is 5.61. The third-order valence-electron chi connectivity index (χ3n) is 3.50. The van der Waals surface area contributed by atoms with Gasteiger partial charge in [0.05, 0.1) is 17.7 Å². The SMILES string of the molecule is CC(C)c1ncsc1NC(=O)N(C)Cc1nnc2c(=O)[nH]ccn12. The number of H-pyrrole nitrogens is 1. The smallest absolute Gasteiger partial charge is 0.322 e. The topological polar surface area (TPSA) is 108 Å². The Morgan fingerprint density at radius 3 is 3.00 bits per heavy atom. The fourth-order valence-corrected chi connectivity index (χ4v) is 3.06. The predicted molar refractivity (Wildman–Crippen MR) is 90.3 cm³/mol. The molecule has 3 aromatic heterocycles. The van der Waals surface area contributed by atoms with Gasteiger partial charge in [0.15, 0.2) is 5.82 Å². The third-order valence-corrected chi connectivity index (χ3v) is 4.25. The van der Waals surface area contributed by atoms with Crippen molar-refractivity contribution in [1.29, 1.82) is 0 Å². The van der Waals surface area contributed by atoms with Crippen molar-refractivity contribution in [2.75, 3.05) is 12.4 Å². The van der Waals surface area contributed by atoms with Gasteiger partial charge in [-0.3, -0.25) is 14.5 Å². The van der Waals surface area contributed by atoms with E-state index in [0.29, 0.717) is 5.82 Å². The first-order valence-corrected chi connectivity index (χ1v) is 8.22. The van der Waals surface area contributed by atoms with Gasteiger partial charge in [0.1, 0.15) is 5.00 Å². The molecule has 0 fully saturated rings. The number of fused-ring (bicyclic) bond motifs is 1. The summed E-state index contributed by atoms with van der Waals surface area (Å²) in [6, 6.07) is -0.275. The minimum Gasteiger partial charge on any atom is -0.324 e. The molecule has 10 heteroatoms. The Morgan fingerprint density at radius 1 is 1.46 bits per heavy atom. The number of aromatic amines is 1. The molecule has 9 nitrogen and oxygen atoms in total. The molecule has 0 bridgehead atoms. The number of urea groups is 1. The average molecular weight is 347 g/mol. The second kappa shape index (κ2) is 6.40. The van der Waals surface area contributed by atoms with Crippen LogP contribution in [0.2, 0.25) is 0 Å². The summed E-state index contributed by atoms with van der Waals surface area (Å²) in [4.78, 5) is 32.3. The molecule has 0 aromatic carbocycles.